The minimum absolute atomic E-state index is 0.101. The molecule has 1 aromatic heterocycles. The number of carbonyl (C=O) groups excluding carboxylic acids is 1. The van der Waals surface area contributed by atoms with Gasteiger partial charge in [0.15, 0.2) is 6.61 Å². The summed E-state index contributed by atoms with van der Waals surface area (Å²) in [6.45, 7) is 2.38. The number of halogens is 2. The Morgan fingerprint density at radius 1 is 1.43 bits per heavy atom. The van der Waals surface area contributed by atoms with Crippen LogP contribution in [0.2, 0.25) is 10.0 Å². The zero-order valence-electron chi connectivity index (χ0n) is 11.4. The number of amides is 1. The molecule has 2 rings (SSSR count). The van der Waals surface area contributed by atoms with Gasteiger partial charge in [-0.2, -0.15) is 0 Å². The van der Waals surface area contributed by atoms with Gasteiger partial charge in [0.2, 0.25) is 0 Å². The highest BCUT2D eigenvalue weighted by molar-refractivity contribution is 7.09. The molecule has 0 saturated heterocycles. The van der Waals surface area contributed by atoms with Crippen LogP contribution in [-0.4, -0.2) is 24.0 Å². The molecule has 0 saturated carbocycles. The van der Waals surface area contributed by atoms with Gasteiger partial charge in [-0.3, -0.25) is 4.79 Å². The molecule has 1 aromatic carbocycles. The molecule has 0 atom stereocenters. The molecule has 0 unspecified atom stereocenters. The molecule has 2 aromatic rings. The SMILES string of the molecule is Cc1nc(CCNC(=O)COc2cc(Cl)ccc2Cl)cs1. The molecule has 0 radical (unpaired) electrons. The first-order chi connectivity index (χ1) is 10.0. The standard InChI is InChI=1S/C14H14Cl2N2O2S/c1-9-18-11(8-21-9)4-5-17-14(19)7-20-13-6-10(15)2-3-12(13)16/h2-3,6,8H,4-5,7H2,1H3,(H,17,19). The third-order valence-corrected chi connectivity index (χ3v) is 3.99. The summed E-state index contributed by atoms with van der Waals surface area (Å²) in [5.41, 5.74) is 0.983. The van der Waals surface area contributed by atoms with Gasteiger partial charge in [0.25, 0.3) is 5.91 Å². The third-order valence-electron chi connectivity index (χ3n) is 2.62. The molecule has 1 heterocycles. The maximum absolute atomic E-state index is 11.7. The second-order valence-corrected chi connectivity index (χ2v) is 6.23. The summed E-state index contributed by atoms with van der Waals surface area (Å²) in [6.07, 6.45) is 0.702. The van der Waals surface area contributed by atoms with E-state index < -0.39 is 0 Å². The van der Waals surface area contributed by atoms with Crippen LogP contribution in [0.1, 0.15) is 10.7 Å². The molecule has 0 fully saturated rings. The molecule has 0 aliphatic heterocycles. The quantitative estimate of drug-likeness (QED) is 0.872. The molecule has 0 bridgehead atoms. The summed E-state index contributed by atoms with van der Waals surface area (Å²) < 4.78 is 5.34. The number of ether oxygens (including phenoxy) is 1. The van der Waals surface area contributed by atoms with E-state index in [9.17, 15) is 4.79 Å². The Morgan fingerprint density at radius 3 is 2.95 bits per heavy atom. The van der Waals surface area contributed by atoms with Crippen molar-refractivity contribution in [3.8, 4) is 5.75 Å². The lowest BCUT2D eigenvalue weighted by Crippen LogP contribution is -2.30. The van der Waals surface area contributed by atoms with E-state index in [4.69, 9.17) is 27.9 Å². The highest BCUT2D eigenvalue weighted by Gasteiger charge is 2.07. The van der Waals surface area contributed by atoms with Crippen LogP contribution in [0.25, 0.3) is 0 Å². The Morgan fingerprint density at radius 2 is 2.24 bits per heavy atom. The van der Waals surface area contributed by atoms with E-state index in [-0.39, 0.29) is 12.5 Å². The first-order valence-corrected chi connectivity index (χ1v) is 7.93. The van der Waals surface area contributed by atoms with Crippen molar-refractivity contribution < 1.29 is 9.53 Å². The van der Waals surface area contributed by atoms with Crippen molar-refractivity contribution in [3.05, 3.63) is 44.3 Å². The number of carbonyl (C=O) groups is 1. The molecule has 21 heavy (non-hydrogen) atoms. The van der Waals surface area contributed by atoms with E-state index in [1.807, 2.05) is 12.3 Å². The minimum Gasteiger partial charge on any atom is -0.482 e. The van der Waals surface area contributed by atoms with Crippen LogP contribution in [-0.2, 0) is 11.2 Å². The fourth-order valence-electron chi connectivity index (χ4n) is 1.64. The first kappa shape index (κ1) is 16.1. The topological polar surface area (TPSA) is 51.2 Å². The molecule has 1 amide bonds. The maximum Gasteiger partial charge on any atom is 0.257 e. The van der Waals surface area contributed by atoms with E-state index in [1.165, 1.54) is 0 Å². The highest BCUT2D eigenvalue weighted by atomic mass is 35.5. The lowest BCUT2D eigenvalue weighted by atomic mass is 10.3. The molecular formula is C14H14Cl2N2O2S. The van der Waals surface area contributed by atoms with Gasteiger partial charge in [-0.25, -0.2) is 4.98 Å². The van der Waals surface area contributed by atoms with Crippen LogP contribution >= 0.6 is 34.5 Å². The van der Waals surface area contributed by atoms with Crippen molar-refractivity contribution in [2.75, 3.05) is 13.2 Å². The largest absolute Gasteiger partial charge is 0.482 e. The molecule has 4 nitrogen and oxygen atoms in total. The number of benzene rings is 1. The average Bonchev–Trinajstić information content (AvgIpc) is 2.85. The monoisotopic (exact) mass is 344 g/mol. The van der Waals surface area contributed by atoms with E-state index in [1.54, 1.807) is 29.5 Å². The normalized spacial score (nSPS) is 10.4. The molecule has 0 aliphatic rings. The van der Waals surface area contributed by atoms with Gasteiger partial charge < -0.3 is 10.1 Å². The van der Waals surface area contributed by atoms with E-state index in [0.717, 1.165) is 10.7 Å². The van der Waals surface area contributed by atoms with Crippen molar-refractivity contribution in [2.45, 2.75) is 13.3 Å². The van der Waals surface area contributed by atoms with Gasteiger partial charge in [0, 0.05) is 29.4 Å². The predicted octanol–water partition coefficient (Wildman–Crippen LogP) is 3.50. The minimum atomic E-state index is -0.210. The second kappa shape index (κ2) is 7.64. The van der Waals surface area contributed by atoms with E-state index >= 15 is 0 Å². The fraction of sp³-hybridized carbons (Fsp3) is 0.286. The molecular weight excluding hydrogens is 331 g/mol. The van der Waals surface area contributed by atoms with Crippen molar-refractivity contribution in [2.24, 2.45) is 0 Å². The Balaban J connectivity index is 1.73. The number of aromatic nitrogens is 1. The fourth-order valence-corrected chi connectivity index (χ4v) is 2.62. The van der Waals surface area contributed by atoms with Crippen molar-refractivity contribution in [3.63, 3.8) is 0 Å². The number of thiazole rings is 1. The number of rotatable bonds is 6. The van der Waals surface area contributed by atoms with Crippen LogP contribution in [0.5, 0.6) is 5.75 Å². The number of nitrogens with zero attached hydrogens (tertiary/aromatic N) is 1. The van der Waals surface area contributed by atoms with Gasteiger partial charge in [0.05, 0.1) is 15.7 Å². The zero-order valence-corrected chi connectivity index (χ0v) is 13.7. The van der Waals surface area contributed by atoms with Gasteiger partial charge in [-0.05, 0) is 19.1 Å². The Labute approximate surface area is 137 Å². The van der Waals surface area contributed by atoms with Crippen molar-refractivity contribution in [1.29, 1.82) is 0 Å². The zero-order chi connectivity index (χ0) is 15.2. The predicted molar refractivity (Wildman–Crippen MR) is 85.5 cm³/mol. The summed E-state index contributed by atoms with van der Waals surface area (Å²) in [7, 11) is 0. The second-order valence-electron chi connectivity index (χ2n) is 4.32. The molecule has 7 heteroatoms. The Hall–Kier alpha value is -1.30. The van der Waals surface area contributed by atoms with Gasteiger partial charge in [0.1, 0.15) is 5.75 Å². The summed E-state index contributed by atoms with van der Waals surface area (Å²) in [4.78, 5) is 16.0. The molecule has 1 N–H and O–H groups in total. The molecule has 0 spiro atoms. The van der Waals surface area contributed by atoms with Gasteiger partial charge in [-0.15, -0.1) is 11.3 Å². The van der Waals surface area contributed by atoms with Gasteiger partial charge in [-0.1, -0.05) is 23.2 Å². The van der Waals surface area contributed by atoms with E-state index in [2.05, 4.69) is 10.3 Å². The number of hydrogen-bond acceptors (Lipinski definition) is 4. The van der Waals surface area contributed by atoms with Crippen LogP contribution in [0.15, 0.2) is 23.6 Å². The Kier molecular flexibility index (Phi) is 5.85. The van der Waals surface area contributed by atoms with Crippen LogP contribution in [0.3, 0.4) is 0 Å². The summed E-state index contributed by atoms with van der Waals surface area (Å²) in [6, 6.07) is 4.86. The number of hydrogen-bond donors (Lipinski definition) is 1. The third kappa shape index (κ3) is 5.19. The average molecular weight is 345 g/mol. The van der Waals surface area contributed by atoms with Crippen molar-refractivity contribution >= 4 is 40.4 Å². The summed E-state index contributed by atoms with van der Waals surface area (Å²) >= 11 is 13.4. The van der Waals surface area contributed by atoms with Crippen LogP contribution in [0.4, 0.5) is 0 Å². The highest BCUT2D eigenvalue weighted by Crippen LogP contribution is 2.27. The van der Waals surface area contributed by atoms with Gasteiger partial charge >= 0.3 is 0 Å². The molecule has 112 valence electrons. The maximum atomic E-state index is 11.7. The van der Waals surface area contributed by atoms with Crippen LogP contribution < -0.4 is 10.1 Å². The summed E-state index contributed by atoms with van der Waals surface area (Å²) in [5.74, 6) is 0.187. The first-order valence-electron chi connectivity index (χ1n) is 6.30. The summed E-state index contributed by atoms with van der Waals surface area (Å²) in [5, 5.41) is 6.71. The number of nitrogens with one attached hydrogen (secondary N) is 1. The van der Waals surface area contributed by atoms with Crippen LogP contribution in [0, 0.1) is 6.92 Å². The lowest BCUT2D eigenvalue weighted by molar-refractivity contribution is -0.123. The van der Waals surface area contributed by atoms with E-state index in [0.29, 0.717) is 28.8 Å². The smallest absolute Gasteiger partial charge is 0.257 e. The number of aryl methyl sites for hydroxylation is 1. The molecule has 0 aliphatic carbocycles. The lowest BCUT2D eigenvalue weighted by Gasteiger charge is -2.08. The Bertz CT molecular complexity index is 631. The van der Waals surface area contributed by atoms with Crippen molar-refractivity contribution in [1.82, 2.24) is 10.3 Å².